The highest BCUT2D eigenvalue weighted by Gasteiger charge is 2.23. The summed E-state index contributed by atoms with van der Waals surface area (Å²) in [7, 11) is 0. The first-order valence-electron chi connectivity index (χ1n) is 19.8. The summed E-state index contributed by atoms with van der Waals surface area (Å²) >= 11 is 1.91. The summed E-state index contributed by atoms with van der Waals surface area (Å²) in [6.07, 6.45) is 4.01. The number of fused-ring (bicyclic) bond motifs is 3. The maximum absolute atomic E-state index is 4.92. The molecule has 0 radical (unpaired) electrons. The Balaban J connectivity index is 1.21. The van der Waals surface area contributed by atoms with E-state index < -0.39 is 0 Å². The average Bonchev–Trinajstić information content (AvgIpc) is 3.63. The Morgan fingerprint density at radius 2 is 0.772 bits per heavy atom. The van der Waals surface area contributed by atoms with Crippen LogP contribution < -0.4 is 0 Å². The van der Waals surface area contributed by atoms with Crippen LogP contribution in [0, 0.1) is 0 Å². The van der Waals surface area contributed by atoms with E-state index >= 15 is 0 Å². The van der Waals surface area contributed by atoms with E-state index in [1.165, 1.54) is 53.6 Å². The zero-order valence-corrected chi connectivity index (χ0v) is 34.3. The minimum atomic E-state index is 0.0364. The largest absolute Gasteiger partial charge is 0.256 e. The van der Waals surface area contributed by atoms with Gasteiger partial charge in [0.2, 0.25) is 0 Å². The van der Waals surface area contributed by atoms with Crippen molar-refractivity contribution >= 4 is 31.5 Å². The van der Waals surface area contributed by atoms with E-state index in [4.69, 9.17) is 9.97 Å². The molecule has 9 rings (SSSR count). The normalized spacial score (nSPS) is 12.0. The molecule has 0 saturated carbocycles. The van der Waals surface area contributed by atoms with Crippen molar-refractivity contribution in [2.75, 3.05) is 0 Å². The number of thiophene rings is 1. The number of aromatic nitrogens is 2. The van der Waals surface area contributed by atoms with Gasteiger partial charge in [-0.1, -0.05) is 169 Å². The van der Waals surface area contributed by atoms with E-state index in [1.807, 2.05) is 35.9 Å². The highest BCUT2D eigenvalue weighted by Crippen LogP contribution is 2.46. The molecule has 0 spiro atoms. The van der Waals surface area contributed by atoms with Gasteiger partial charge >= 0.3 is 0 Å². The van der Waals surface area contributed by atoms with E-state index in [2.05, 4.69) is 187 Å². The second-order valence-electron chi connectivity index (χ2n) is 17.2. The molecule has 0 amide bonds. The van der Waals surface area contributed by atoms with Crippen molar-refractivity contribution < 1.29 is 0 Å². The zero-order chi connectivity index (χ0) is 39.3. The first-order chi connectivity index (χ1) is 27.5. The van der Waals surface area contributed by atoms with Crippen molar-refractivity contribution in [3.63, 3.8) is 0 Å². The van der Waals surface area contributed by atoms with E-state index in [0.717, 1.165) is 44.8 Å². The summed E-state index contributed by atoms with van der Waals surface area (Å²) < 4.78 is 2.62. The fourth-order valence-electron chi connectivity index (χ4n) is 7.73. The third-order valence-electron chi connectivity index (χ3n) is 11.1. The lowest BCUT2D eigenvalue weighted by Gasteiger charge is -2.26. The predicted molar refractivity (Wildman–Crippen MR) is 245 cm³/mol. The van der Waals surface area contributed by atoms with Gasteiger partial charge in [0.1, 0.15) is 0 Å². The summed E-state index contributed by atoms with van der Waals surface area (Å²) in [6, 6.07) is 57.2. The molecular formula is C54H46N2S. The number of benzene rings is 6. The van der Waals surface area contributed by atoms with Gasteiger partial charge in [-0.3, -0.25) is 9.97 Å². The van der Waals surface area contributed by atoms with E-state index in [-0.39, 0.29) is 10.8 Å². The number of hydrogen-bond acceptors (Lipinski definition) is 3. The molecule has 0 N–H and O–H groups in total. The molecule has 0 bridgehead atoms. The second kappa shape index (κ2) is 14.4. The van der Waals surface area contributed by atoms with Gasteiger partial charge in [-0.15, -0.1) is 11.3 Å². The average molecular weight is 755 g/mol. The van der Waals surface area contributed by atoms with Gasteiger partial charge < -0.3 is 0 Å². The topological polar surface area (TPSA) is 25.8 Å². The molecule has 3 heterocycles. The molecule has 3 aromatic heterocycles. The Morgan fingerprint density at radius 1 is 0.351 bits per heavy atom. The molecule has 9 aromatic rings. The van der Waals surface area contributed by atoms with Crippen molar-refractivity contribution in [1.29, 1.82) is 0 Å². The molecule has 0 aliphatic heterocycles. The monoisotopic (exact) mass is 754 g/mol. The van der Waals surface area contributed by atoms with Gasteiger partial charge in [0.15, 0.2) is 0 Å². The smallest absolute Gasteiger partial charge is 0.0702 e. The summed E-state index contributed by atoms with van der Waals surface area (Å²) in [6.45, 7) is 13.9. The highest BCUT2D eigenvalue weighted by molar-refractivity contribution is 7.26. The van der Waals surface area contributed by atoms with Crippen molar-refractivity contribution in [2.24, 2.45) is 0 Å². The van der Waals surface area contributed by atoms with Crippen LogP contribution in [0.15, 0.2) is 170 Å². The molecule has 0 atom stereocenters. The minimum absolute atomic E-state index is 0.0364. The quantitative estimate of drug-likeness (QED) is 0.169. The van der Waals surface area contributed by atoms with Crippen LogP contribution in [0.5, 0.6) is 0 Å². The first kappa shape index (κ1) is 36.5. The van der Waals surface area contributed by atoms with Crippen molar-refractivity contribution in [2.45, 2.75) is 52.4 Å². The Hall–Kier alpha value is -6.16. The Labute approximate surface area is 340 Å². The Bertz CT molecular complexity index is 2740. The summed E-state index contributed by atoms with van der Waals surface area (Å²) in [5.74, 6) is 0. The maximum atomic E-state index is 4.92. The van der Waals surface area contributed by atoms with E-state index in [0.29, 0.717) is 0 Å². The Morgan fingerprint density at radius 3 is 1.18 bits per heavy atom. The molecule has 0 fully saturated rings. The molecule has 0 aliphatic carbocycles. The summed E-state index contributed by atoms with van der Waals surface area (Å²) in [5, 5.41) is 2.58. The minimum Gasteiger partial charge on any atom is -0.256 e. The van der Waals surface area contributed by atoms with Gasteiger partial charge in [0, 0.05) is 54.8 Å². The lowest BCUT2D eigenvalue weighted by Crippen LogP contribution is -2.16. The third-order valence-corrected chi connectivity index (χ3v) is 12.4. The fraction of sp³-hybridized carbons (Fsp3) is 0.148. The van der Waals surface area contributed by atoms with Crippen molar-refractivity contribution in [3.05, 3.63) is 181 Å². The molecular weight excluding hydrogens is 709 g/mol. The van der Waals surface area contributed by atoms with Gasteiger partial charge in [0.25, 0.3) is 0 Å². The standard InChI is InChI=1S/C54H46N2S/c1-53(2,3)43-30-42(31-44(32-43)54(4,5)6)46-20-14-22-48-47-21-13-19-45(51(47)57-52(46)48)41-28-39(37-23-25-49(55-33-37)35-15-9-7-10-16-35)27-40(29-41)38-24-26-50(56-34-38)36-17-11-8-12-18-36/h7-34H,1-6H3. The van der Waals surface area contributed by atoms with Gasteiger partial charge in [-0.05, 0) is 85.7 Å². The molecule has 0 saturated heterocycles. The molecule has 278 valence electrons. The number of pyridine rings is 2. The van der Waals surface area contributed by atoms with Crippen LogP contribution in [0.3, 0.4) is 0 Å². The molecule has 0 unspecified atom stereocenters. The van der Waals surface area contributed by atoms with Crippen molar-refractivity contribution in [1.82, 2.24) is 9.97 Å². The Kier molecular flexibility index (Phi) is 9.22. The van der Waals surface area contributed by atoms with Crippen LogP contribution in [0.25, 0.3) is 87.2 Å². The molecule has 0 aliphatic rings. The van der Waals surface area contributed by atoms with Crippen LogP contribution in [-0.4, -0.2) is 9.97 Å². The summed E-state index contributed by atoms with van der Waals surface area (Å²) in [5.41, 5.74) is 16.3. The van der Waals surface area contributed by atoms with Gasteiger partial charge in [-0.25, -0.2) is 0 Å². The number of nitrogens with zero attached hydrogens (tertiary/aromatic N) is 2. The van der Waals surface area contributed by atoms with Crippen LogP contribution in [0.1, 0.15) is 52.7 Å². The van der Waals surface area contributed by atoms with E-state index in [9.17, 15) is 0 Å². The van der Waals surface area contributed by atoms with E-state index in [1.54, 1.807) is 0 Å². The van der Waals surface area contributed by atoms with Crippen LogP contribution in [-0.2, 0) is 10.8 Å². The van der Waals surface area contributed by atoms with Gasteiger partial charge in [-0.2, -0.15) is 0 Å². The zero-order valence-electron chi connectivity index (χ0n) is 33.5. The molecule has 3 heteroatoms. The van der Waals surface area contributed by atoms with Crippen LogP contribution in [0.2, 0.25) is 0 Å². The highest BCUT2D eigenvalue weighted by atomic mass is 32.1. The van der Waals surface area contributed by atoms with Gasteiger partial charge in [0.05, 0.1) is 11.4 Å². The van der Waals surface area contributed by atoms with Crippen LogP contribution >= 0.6 is 11.3 Å². The lowest BCUT2D eigenvalue weighted by molar-refractivity contribution is 0.569. The molecule has 57 heavy (non-hydrogen) atoms. The lowest BCUT2D eigenvalue weighted by atomic mass is 9.79. The number of hydrogen-bond donors (Lipinski definition) is 0. The first-order valence-corrected chi connectivity index (χ1v) is 20.6. The predicted octanol–water partition coefficient (Wildman–Crippen LogP) is 15.4. The van der Waals surface area contributed by atoms with Crippen LogP contribution in [0.4, 0.5) is 0 Å². The SMILES string of the molecule is CC(C)(C)c1cc(-c2cccc3c2sc2c(-c4cc(-c5ccc(-c6ccccc6)nc5)cc(-c5ccc(-c6ccccc6)nc5)c4)cccc23)cc(C(C)(C)C)c1. The maximum Gasteiger partial charge on any atom is 0.0702 e. The third kappa shape index (κ3) is 7.20. The summed E-state index contributed by atoms with van der Waals surface area (Å²) in [4.78, 5) is 9.85. The molecule has 6 aromatic carbocycles. The van der Waals surface area contributed by atoms with Crippen molar-refractivity contribution in [3.8, 4) is 67.0 Å². The second-order valence-corrected chi connectivity index (χ2v) is 18.2. The molecule has 2 nitrogen and oxygen atoms in total. The fourth-order valence-corrected chi connectivity index (χ4v) is 9.10. The number of rotatable bonds is 6.